The van der Waals surface area contributed by atoms with E-state index in [0.29, 0.717) is 21.9 Å². The lowest BCUT2D eigenvalue weighted by molar-refractivity contribution is -0.112. The first-order chi connectivity index (χ1) is 16.9. The molecule has 0 fully saturated rings. The first-order valence-corrected chi connectivity index (χ1v) is 13.1. The number of rotatable bonds is 6. The number of hydrogen-bond donors (Lipinski definition) is 1. The Bertz CT molecular complexity index is 1380. The van der Waals surface area contributed by atoms with Gasteiger partial charge < -0.3 is 10.1 Å². The largest absolute Gasteiger partial charge is 0.486 e. The molecule has 1 aromatic heterocycles. The maximum atomic E-state index is 12.9. The van der Waals surface area contributed by atoms with Crippen molar-refractivity contribution in [3.05, 3.63) is 83.6 Å². The molecule has 0 spiro atoms. The van der Waals surface area contributed by atoms with E-state index in [1.165, 1.54) is 17.4 Å². The molecular weight excluding hydrogens is 569 g/mol. The van der Waals surface area contributed by atoms with Crippen LogP contribution in [0.5, 0.6) is 5.75 Å². The first-order valence-electron chi connectivity index (χ1n) is 10.7. The molecule has 0 atom stereocenters. The molecule has 0 saturated heterocycles. The maximum absolute atomic E-state index is 12.9. The third-order valence-corrected chi connectivity index (χ3v) is 7.80. The predicted octanol–water partition coefficient (Wildman–Crippen LogP) is 7.69. The van der Waals surface area contributed by atoms with Gasteiger partial charge in [0.15, 0.2) is 5.75 Å². The summed E-state index contributed by atoms with van der Waals surface area (Å²) < 4.78 is 6.76. The van der Waals surface area contributed by atoms with Crippen LogP contribution in [0.3, 0.4) is 0 Å². The fourth-order valence-corrected chi connectivity index (χ4v) is 5.91. The Kier molecular flexibility index (Phi) is 8.15. The summed E-state index contributed by atoms with van der Waals surface area (Å²) in [4.78, 5) is 14.0. The van der Waals surface area contributed by atoms with E-state index < -0.39 is 5.91 Å². The minimum atomic E-state index is -0.592. The Hall–Kier alpha value is -2.81. The van der Waals surface area contributed by atoms with E-state index in [-0.39, 0.29) is 22.2 Å². The molecular formula is C26H18BrCl2N3O2S. The van der Waals surface area contributed by atoms with Crippen LogP contribution >= 0.6 is 50.5 Å². The van der Waals surface area contributed by atoms with E-state index in [1.807, 2.05) is 30.3 Å². The summed E-state index contributed by atoms with van der Waals surface area (Å²) in [7, 11) is 0. The molecule has 1 aliphatic carbocycles. The van der Waals surface area contributed by atoms with Crippen LogP contribution in [0.15, 0.2) is 46.4 Å². The van der Waals surface area contributed by atoms with Crippen molar-refractivity contribution < 1.29 is 9.53 Å². The standard InChI is InChI=1S/C26H18BrCl2N3O2S/c27-18-7-5-15(6-8-18)14-34-24-21(28)10-16(11-22(24)29)9-17(12-30)25(33)32-26-20(13-31)19-3-1-2-4-23(19)35-26/h5-11H,1-4,14H2,(H,32,33)/b17-9+. The Morgan fingerprint density at radius 3 is 2.49 bits per heavy atom. The van der Waals surface area contributed by atoms with Gasteiger partial charge in [0.2, 0.25) is 0 Å². The number of halogens is 3. The van der Waals surface area contributed by atoms with Crippen LogP contribution in [0.4, 0.5) is 5.00 Å². The number of anilines is 1. The zero-order chi connectivity index (χ0) is 24.9. The molecule has 35 heavy (non-hydrogen) atoms. The number of carbonyl (C=O) groups is 1. The van der Waals surface area contributed by atoms with Crippen molar-refractivity contribution in [2.24, 2.45) is 0 Å². The Balaban J connectivity index is 1.52. The minimum absolute atomic E-state index is 0.129. The van der Waals surface area contributed by atoms with Gasteiger partial charge >= 0.3 is 0 Å². The monoisotopic (exact) mass is 585 g/mol. The number of amides is 1. The number of carbonyl (C=O) groups excluding carboxylic acids is 1. The minimum Gasteiger partial charge on any atom is -0.486 e. The lowest BCUT2D eigenvalue weighted by atomic mass is 9.96. The van der Waals surface area contributed by atoms with Crippen molar-refractivity contribution in [3.63, 3.8) is 0 Å². The van der Waals surface area contributed by atoms with Gasteiger partial charge in [0.05, 0.1) is 15.6 Å². The quantitative estimate of drug-likeness (QED) is 0.237. The average molecular weight is 587 g/mol. The number of ether oxygens (including phenoxy) is 1. The molecule has 0 bridgehead atoms. The van der Waals surface area contributed by atoms with Crippen LogP contribution < -0.4 is 10.1 Å². The van der Waals surface area contributed by atoms with Crippen LogP contribution in [0.25, 0.3) is 6.08 Å². The van der Waals surface area contributed by atoms with Gasteiger partial charge in [-0.15, -0.1) is 11.3 Å². The summed E-state index contributed by atoms with van der Waals surface area (Å²) in [5.74, 6) is -0.274. The smallest absolute Gasteiger partial charge is 0.266 e. The first kappa shape index (κ1) is 25.3. The summed E-state index contributed by atoms with van der Waals surface area (Å²) in [5, 5.41) is 23.0. The molecule has 0 unspecified atom stereocenters. The molecule has 0 saturated carbocycles. The van der Waals surface area contributed by atoms with E-state index in [9.17, 15) is 15.3 Å². The van der Waals surface area contributed by atoms with Gasteiger partial charge in [-0.05, 0) is 72.7 Å². The lowest BCUT2D eigenvalue weighted by Crippen LogP contribution is -2.13. The number of aryl methyl sites for hydroxylation is 1. The molecule has 1 aliphatic rings. The summed E-state index contributed by atoms with van der Waals surface area (Å²) >= 11 is 17.6. The molecule has 176 valence electrons. The van der Waals surface area contributed by atoms with Gasteiger partial charge in [0.1, 0.15) is 29.3 Å². The van der Waals surface area contributed by atoms with Crippen molar-refractivity contribution in [2.75, 3.05) is 5.32 Å². The second kappa shape index (κ2) is 11.3. The molecule has 4 rings (SSSR count). The average Bonchev–Trinajstić information content (AvgIpc) is 3.19. The molecule has 1 N–H and O–H groups in total. The highest BCUT2D eigenvalue weighted by atomic mass is 79.9. The van der Waals surface area contributed by atoms with Crippen molar-refractivity contribution >= 4 is 67.5 Å². The summed E-state index contributed by atoms with van der Waals surface area (Å²) in [6, 6.07) is 15.0. The Labute approximate surface area is 225 Å². The van der Waals surface area contributed by atoms with Crippen molar-refractivity contribution in [1.29, 1.82) is 10.5 Å². The lowest BCUT2D eigenvalue weighted by Gasteiger charge is -2.11. The SMILES string of the molecule is N#C/C(=C\c1cc(Cl)c(OCc2ccc(Br)cc2)c(Cl)c1)C(=O)Nc1sc2c(c1C#N)CCCC2. The maximum Gasteiger partial charge on any atom is 0.266 e. The summed E-state index contributed by atoms with van der Waals surface area (Å²) in [6.07, 6.45) is 5.24. The third-order valence-electron chi connectivity index (χ3n) is 5.50. The molecule has 1 heterocycles. The molecule has 1 amide bonds. The zero-order valence-electron chi connectivity index (χ0n) is 18.3. The number of fused-ring (bicyclic) bond motifs is 1. The van der Waals surface area contributed by atoms with Gasteiger partial charge in [-0.2, -0.15) is 10.5 Å². The zero-order valence-corrected chi connectivity index (χ0v) is 22.2. The highest BCUT2D eigenvalue weighted by molar-refractivity contribution is 9.10. The normalized spacial score (nSPS) is 12.9. The summed E-state index contributed by atoms with van der Waals surface area (Å²) in [5.41, 5.74) is 2.80. The molecule has 9 heteroatoms. The highest BCUT2D eigenvalue weighted by Gasteiger charge is 2.23. The van der Waals surface area contributed by atoms with Crippen LogP contribution in [0, 0.1) is 22.7 Å². The fourth-order valence-electron chi connectivity index (χ4n) is 3.79. The van der Waals surface area contributed by atoms with E-state index in [0.717, 1.165) is 46.2 Å². The molecule has 5 nitrogen and oxygen atoms in total. The molecule has 2 aromatic carbocycles. The predicted molar refractivity (Wildman–Crippen MR) is 143 cm³/mol. The number of nitriles is 2. The van der Waals surface area contributed by atoms with Gasteiger partial charge in [-0.25, -0.2) is 0 Å². The van der Waals surface area contributed by atoms with E-state index in [1.54, 1.807) is 12.1 Å². The van der Waals surface area contributed by atoms with Crippen molar-refractivity contribution in [1.82, 2.24) is 0 Å². The van der Waals surface area contributed by atoms with Crippen LogP contribution in [0.1, 0.15) is 40.0 Å². The van der Waals surface area contributed by atoms with Crippen molar-refractivity contribution in [2.45, 2.75) is 32.3 Å². The fraction of sp³-hybridized carbons (Fsp3) is 0.192. The Morgan fingerprint density at radius 2 is 1.83 bits per heavy atom. The van der Waals surface area contributed by atoms with Crippen molar-refractivity contribution in [3.8, 4) is 17.9 Å². The number of nitrogens with zero attached hydrogens (tertiary/aromatic N) is 2. The second-order valence-corrected chi connectivity index (χ2v) is 10.7. The highest BCUT2D eigenvalue weighted by Crippen LogP contribution is 2.38. The molecule has 3 aromatic rings. The van der Waals surface area contributed by atoms with Crippen LogP contribution in [-0.4, -0.2) is 5.91 Å². The number of hydrogen-bond acceptors (Lipinski definition) is 5. The van der Waals surface area contributed by atoms with Crippen LogP contribution in [-0.2, 0) is 24.2 Å². The second-order valence-electron chi connectivity index (χ2n) is 7.88. The summed E-state index contributed by atoms with van der Waals surface area (Å²) in [6.45, 7) is 0.278. The van der Waals surface area contributed by atoms with Crippen LogP contribution in [0.2, 0.25) is 10.0 Å². The molecule has 0 aliphatic heterocycles. The van der Waals surface area contributed by atoms with E-state index in [4.69, 9.17) is 27.9 Å². The van der Waals surface area contributed by atoms with Gasteiger partial charge in [0.25, 0.3) is 5.91 Å². The number of nitrogens with one attached hydrogen (secondary N) is 1. The third kappa shape index (κ3) is 5.89. The molecule has 0 radical (unpaired) electrons. The van der Waals surface area contributed by atoms with Gasteiger partial charge in [-0.3, -0.25) is 4.79 Å². The van der Waals surface area contributed by atoms with Gasteiger partial charge in [-0.1, -0.05) is 51.3 Å². The number of benzene rings is 2. The van der Waals surface area contributed by atoms with E-state index in [2.05, 4.69) is 27.3 Å². The topological polar surface area (TPSA) is 85.9 Å². The Morgan fingerprint density at radius 1 is 1.14 bits per heavy atom. The number of thiophene rings is 1. The van der Waals surface area contributed by atoms with E-state index >= 15 is 0 Å². The van der Waals surface area contributed by atoms with Gasteiger partial charge in [0, 0.05) is 9.35 Å².